The topological polar surface area (TPSA) is 66.6 Å². The maximum atomic E-state index is 6.78. The van der Waals surface area contributed by atoms with Crippen LogP contribution in [0, 0.1) is 0 Å². The number of nitrogens with zero attached hydrogens (tertiary/aromatic N) is 6. The molecule has 9 aromatic carbocycles. The Morgan fingerprint density at radius 3 is 1.17 bits per heavy atom. The molecule has 0 aliphatic carbocycles. The summed E-state index contributed by atoms with van der Waals surface area (Å²) in [5.74, 6) is 1.77. The second kappa shape index (κ2) is 13.3. The van der Waals surface area contributed by atoms with Gasteiger partial charge in [0.2, 0.25) is 5.95 Å². The zero-order chi connectivity index (χ0) is 41.9. The van der Waals surface area contributed by atoms with Gasteiger partial charge in [-0.1, -0.05) is 133 Å². The molecule has 0 spiro atoms. The number of furan rings is 1. The number of hydrogen-bond acceptors (Lipinski definition) is 4. The summed E-state index contributed by atoms with van der Waals surface area (Å²) >= 11 is 0. The van der Waals surface area contributed by atoms with E-state index in [4.69, 9.17) is 19.4 Å². The van der Waals surface area contributed by atoms with Crippen LogP contribution in [0.25, 0.3) is 127 Å². The van der Waals surface area contributed by atoms with Gasteiger partial charge in [-0.2, -0.15) is 9.97 Å². The third-order valence-electron chi connectivity index (χ3n) is 12.9. The third-order valence-corrected chi connectivity index (χ3v) is 12.9. The van der Waals surface area contributed by atoms with Gasteiger partial charge in [-0.3, -0.25) is 4.57 Å². The van der Waals surface area contributed by atoms with Gasteiger partial charge in [0.1, 0.15) is 11.2 Å². The van der Waals surface area contributed by atoms with Crippen LogP contribution in [0.3, 0.4) is 0 Å². The normalized spacial score (nSPS) is 12.1. The SMILES string of the molecule is c1ccc(-c2nc(-c3ccc4c5ccccc5n(-c5ccc6c(c5)oc5cc(-n7c8ccccc8c8ccccc87)ccc56)c4c3)nc(-n3c4ccccc4c4ccccc43)n2)cc1. The fraction of sp³-hybridized carbons (Fsp3) is 0. The number of aromatic nitrogens is 6. The molecule has 0 bridgehead atoms. The predicted octanol–water partition coefficient (Wildman–Crippen LogP) is 14.4. The van der Waals surface area contributed by atoms with Gasteiger partial charge in [0, 0.05) is 77.7 Å². The van der Waals surface area contributed by atoms with Crippen LogP contribution in [0.15, 0.2) is 211 Å². The van der Waals surface area contributed by atoms with Crippen molar-refractivity contribution in [2.75, 3.05) is 0 Å². The number of rotatable bonds is 5. The average molecular weight is 819 g/mol. The molecule has 0 saturated carbocycles. The molecule has 0 saturated heterocycles. The maximum Gasteiger partial charge on any atom is 0.238 e. The number of fused-ring (bicyclic) bond motifs is 12. The molecular weight excluding hydrogens is 785 g/mol. The van der Waals surface area contributed by atoms with E-state index < -0.39 is 0 Å². The molecule has 298 valence electrons. The highest BCUT2D eigenvalue weighted by Gasteiger charge is 2.21. The molecule has 64 heavy (non-hydrogen) atoms. The van der Waals surface area contributed by atoms with Crippen molar-refractivity contribution in [1.82, 2.24) is 28.7 Å². The van der Waals surface area contributed by atoms with Crippen molar-refractivity contribution in [2.45, 2.75) is 0 Å². The Morgan fingerprint density at radius 1 is 0.281 bits per heavy atom. The van der Waals surface area contributed by atoms with Crippen molar-refractivity contribution in [3.8, 4) is 40.1 Å². The predicted molar refractivity (Wildman–Crippen MR) is 261 cm³/mol. The van der Waals surface area contributed by atoms with Crippen LogP contribution in [-0.2, 0) is 0 Å². The maximum absolute atomic E-state index is 6.78. The minimum Gasteiger partial charge on any atom is -0.456 e. The zero-order valence-corrected chi connectivity index (χ0v) is 34.2. The first-order valence-corrected chi connectivity index (χ1v) is 21.5. The van der Waals surface area contributed by atoms with Crippen LogP contribution in [0.2, 0.25) is 0 Å². The molecule has 0 fully saturated rings. The van der Waals surface area contributed by atoms with Crippen molar-refractivity contribution in [2.24, 2.45) is 0 Å². The highest BCUT2D eigenvalue weighted by atomic mass is 16.3. The van der Waals surface area contributed by atoms with E-state index in [1.54, 1.807) is 0 Å². The molecule has 7 heteroatoms. The lowest BCUT2D eigenvalue weighted by Crippen LogP contribution is -2.06. The summed E-state index contributed by atoms with van der Waals surface area (Å²) in [6.07, 6.45) is 0. The van der Waals surface area contributed by atoms with E-state index in [-0.39, 0.29) is 0 Å². The van der Waals surface area contributed by atoms with E-state index in [0.29, 0.717) is 17.6 Å². The third kappa shape index (κ3) is 5.06. The van der Waals surface area contributed by atoms with Crippen LogP contribution < -0.4 is 0 Å². The summed E-state index contributed by atoms with van der Waals surface area (Å²) in [5.41, 5.74) is 12.1. The molecule has 0 atom stereocenters. The van der Waals surface area contributed by atoms with E-state index >= 15 is 0 Å². The Balaban J connectivity index is 0.948. The molecular formula is C57H34N6O. The largest absolute Gasteiger partial charge is 0.456 e. The average Bonchev–Trinajstić information content (AvgIpc) is 4.10. The van der Waals surface area contributed by atoms with Gasteiger partial charge >= 0.3 is 0 Å². The fourth-order valence-electron chi connectivity index (χ4n) is 10.1. The summed E-state index contributed by atoms with van der Waals surface area (Å²) in [6.45, 7) is 0. The van der Waals surface area contributed by atoms with Crippen LogP contribution >= 0.6 is 0 Å². The van der Waals surface area contributed by atoms with E-state index in [0.717, 1.165) is 88.1 Å². The van der Waals surface area contributed by atoms with Gasteiger partial charge in [0.15, 0.2) is 11.6 Å². The van der Waals surface area contributed by atoms with Gasteiger partial charge in [-0.15, -0.1) is 0 Å². The Labute approximate surface area is 365 Å². The quantitative estimate of drug-likeness (QED) is 0.173. The van der Waals surface area contributed by atoms with E-state index in [9.17, 15) is 0 Å². The van der Waals surface area contributed by atoms with Gasteiger partial charge in [0.05, 0.1) is 33.1 Å². The van der Waals surface area contributed by atoms with E-state index in [1.165, 1.54) is 21.8 Å². The number of benzene rings is 9. The Hall–Kier alpha value is -8.81. The Bertz CT molecular complexity index is 4100. The molecule has 14 rings (SSSR count). The monoisotopic (exact) mass is 818 g/mol. The van der Waals surface area contributed by atoms with Crippen molar-refractivity contribution >= 4 is 87.4 Å². The first kappa shape index (κ1) is 34.9. The Kier molecular flexibility index (Phi) is 7.27. The molecule has 0 aliphatic heterocycles. The molecule has 0 unspecified atom stereocenters. The molecule has 5 aromatic heterocycles. The highest BCUT2D eigenvalue weighted by Crippen LogP contribution is 2.39. The van der Waals surface area contributed by atoms with Crippen LogP contribution in [0.5, 0.6) is 0 Å². The summed E-state index contributed by atoms with van der Waals surface area (Å²) in [5, 5.41) is 9.23. The van der Waals surface area contributed by atoms with Gasteiger partial charge in [0.25, 0.3) is 0 Å². The van der Waals surface area contributed by atoms with Crippen molar-refractivity contribution in [1.29, 1.82) is 0 Å². The smallest absolute Gasteiger partial charge is 0.238 e. The van der Waals surface area contributed by atoms with Gasteiger partial charge < -0.3 is 13.6 Å². The highest BCUT2D eigenvalue weighted by molar-refractivity contribution is 6.13. The van der Waals surface area contributed by atoms with Gasteiger partial charge in [-0.25, -0.2) is 4.98 Å². The molecule has 7 nitrogen and oxygen atoms in total. The lowest BCUT2D eigenvalue weighted by molar-refractivity contribution is 0.668. The summed E-state index contributed by atoms with van der Waals surface area (Å²) in [6, 6.07) is 72.5. The van der Waals surface area contributed by atoms with E-state index in [2.05, 4.69) is 202 Å². The van der Waals surface area contributed by atoms with Gasteiger partial charge in [-0.05, 0) is 60.7 Å². The van der Waals surface area contributed by atoms with Crippen LogP contribution in [0.4, 0.5) is 0 Å². The fourth-order valence-corrected chi connectivity index (χ4v) is 10.1. The summed E-state index contributed by atoms with van der Waals surface area (Å²) < 4.78 is 13.6. The minimum absolute atomic E-state index is 0.568. The second-order valence-electron chi connectivity index (χ2n) is 16.4. The number of hydrogen-bond donors (Lipinski definition) is 0. The second-order valence-corrected chi connectivity index (χ2v) is 16.4. The van der Waals surface area contributed by atoms with Crippen LogP contribution in [0.1, 0.15) is 0 Å². The molecule has 0 aliphatic rings. The summed E-state index contributed by atoms with van der Waals surface area (Å²) in [7, 11) is 0. The zero-order valence-electron chi connectivity index (χ0n) is 34.2. The molecule has 0 amide bonds. The first-order chi connectivity index (χ1) is 31.7. The molecule has 0 N–H and O–H groups in total. The molecule has 5 heterocycles. The Morgan fingerprint density at radius 2 is 0.672 bits per heavy atom. The standard InChI is InChI=1S/C57H34N6O/c1-2-14-35(15-3-1)55-58-56(60-57(59-55)63-50-24-12-7-18-41(50)42-19-8-13-25-51(42)63)36-26-29-44-43-20-6-11-23-49(43)62(52(44)32-36)38-28-31-46-45-30-27-37(33-53(45)64-54(46)34-38)61-47-21-9-4-16-39(47)40-17-5-10-22-48(40)61/h1-34H. The van der Waals surface area contributed by atoms with E-state index in [1.807, 2.05) is 18.2 Å². The van der Waals surface area contributed by atoms with Crippen molar-refractivity contribution < 1.29 is 4.42 Å². The minimum atomic E-state index is 0.568. The summed E-state index contributed by atoms with van der Waals surface area (Å²) in [4.78, 5) is 15.6. The molecule has 0 radical (unpaired) electrons. The first-order valence-electron chi connectivity index (χ1n) is 21.5. The van der Waals surface area contributed by atoms with Crippen molar-refractivity contribution in [3.05, 3.63) is 206 Å². The lowest BCUT2D eigenvalue weighted by atomic mass is 10.1. The van der Waals surface area contributed by atoms with Crippen molar-refractivity contribution in [3.63, 3.8) is 0 Å². The number of para-hydroxylation sites is 5. The van der Waals surface area contributed by atoms with Crippen LogP contribution in [-0.4, -0.2) is 28.7 Å². The lowest BCUT2D eigenvalue weighted by Gasteiger charge is -2.12. The molecule has 14 aromatic rings.